The molecule has 6 heteroatoms. The lowest BCUT2D eigenvalue weighted by Crippen LogP contribution is -2.72. The van der Waals surface area contributed by atoms with Crippen LogP contribution in [0.15, 0.2) is 60.7 Å². The monoisotopic (exact) mass is 365 g/mol. The third-order valence-electron chi connectivity index (χ3n) is 6.06. The molecular weight excluding hydrogens is 346 g/mol. The van der Waals surface area contributed by atoms with Crippen LogP contribution in [0.3, 0.4) is 0 Å². The van der Waals surface area contributed by atoms with Crippen LogP contribution in [0.2, 0.25) is 0 Å². The van der Waals surface area contributed by atoms with Crippen molar-refractivity contribution in [2.45, 2.75) is 23.9 Å². The van der Waals surface area contributed by atoms with Gasteiger partial charge in [-0.1, -0.05) is 60.7 Å². The molecule has 0 radical (unpaired) electrons. The van der Waals surface area contributed by atoms with Crippen molar-refractivity contribution in [1.29, 1.82) is 0 Å². The van der Waals surface area contributed by atoms with E-state index in [-0.39, 0.29) is 5.92 Å². The minimum atomic E-state index is -1.69. The zero-order valence-electron chi connectivity index (χ0n) is 14.6. The highest BCUT2D eigenvalue weighted by atomic mass is 16.7. The van der Waals surface area contributed by atoms with Gasteiger partial charge in [0.15, 0.2) is 11.7 Å². The number of aliphatic hydroxyl groups is 1. The summed E-state index contributed by atoms with van der Waals surface area (Å²) in [6, 6.07) is 18.2. The molecule has 3 fully saturated rings. The Bertz CT molecular complexity index is 860. The predicted octanol–water partition coefficient (Wildman–Crippen LogP) is 1.42. The van der Waals surface area contributed by atoms with Crippen LogP contribution in [-0.2, 0) is 24.7 Å². The van der Waals surface area contributed by atoms with Crippen LogP contribution in [0.25, 0.3) is 0 Å². The lowest BCUT2D eigenvalue weighted by Gasteiger charge is -2.54. The van der Waals surface area contributed by atoms with Crippen molar-refractivity contribution in [3.05, 3.63) is 71.8 Å². The maximum absolute atomic E-state index is 12.3. The molecule has 2 bridgehead atoms. The second-order valence-corrected chi connectivity index (χ2v) is 7.35. The van der Waals surface area contributed by atoms with Crippen LogP contribution >= 0.6 is 0 Å². The largest absolute Gasteiger partial charge is 0.448 e. The molecule has 0 aromatic heterocycles. The second kappa shape index (κ2) is 5.65. The van der Waals surface area contributed by atoms with Crippen molar-refractivity contribution >= 4 is 11.9 Å². The van der Waals surface area contributed by atoms with E-state index in [0.29, 0.717) is 24.2 Å². The standard InChI is InChI=1S/C21H19NO5/c23-18-19(24)27-21(17(26-18)14-11-12-22(21)13-14)20(25,15-7-3-1-4-8-15)16-9-5-2-6-10-16/h1-10,14,17,25H,11-13H2. The van der Waals surface area contributed by atoms with Crippen molar-refractivity contribution in [1.82, 2.24) is 4.90 Å². The smallest absolute Gasteiger partial charge is 0.419 e. The summed E-state index contributed by atoms with van der Waals surface area (Å²) in [5.41, 5.74) is -2.01. The van der Waals surface area contributed by atoms with E-state index in [4.69, 9.17) is 9.47 Å². The number of esters is 2. The van der Waals surface area contributed by atoms with Gasteiger partial charge in [-0.05, 0) is 17.5 Å². The lowest BCUT2D eigenvalue weighted by atomic mass is 9.72. The highest BCUT2D eigenvalue weighted by molar-refractivity contribution is 6.30. The van der Waals surface area contributed by atoms with E-state index in [1.54, 1.807) is 24.3 Å². The number of nitrogens with zero attached hydrogens (tertiary/aromatic N) is 1. The molecule has 5 rings (SSSR count). The summed E-state index contributed by atoms with van der Waals surface area (Å²) in [6.07, 6.45) is 0.110. The van der Waals surface area contributed by atoms with Crippen molar-refractivity contribution in [3.8, 4) is 0 Å². The van der Waals surface area contributed by atoms with E-state index >= 15 is 0 Å². The van der Waals surface area contributed by atoms with Gasteiger partial charge in [0, 0.05) is 19.0 Å². The number of rotatable bonds is 3. The fourth-order valence-electron chi connectivity index (χ4n) is 4.93. The number of hydrogen-bond acceptors (Lipinski definition) is 6. The molecule has 0 aliphatic carbocycles. The minimum absolute atomic E-state index is 0.0148. The van der Waals surface area contributed by atoms with Gasteiger partial charge in [-0.25, -0.2) is 9.59 Å². The Kier molecular flexibility index (Phi) is 3.44. The summed E-state index contributed by atoms with van der Waals surface area (Å²) in [5, 5.41) is 12.3. The number of carbonyl (C=O) groups is 2. The molecule has 27 heavy (non-hydrogen) atoms. The van der Waals surface area contributed by atoms with Crippen LogP contribution in [0.1, 0.15) is 17.5 Å². The fraction of sp³-hybridized carbons (Fsp3) is 0.333. The molecular formula is C21H19NO5. The third-order valence-corrected chi connectivity index (χ3v) is 6.06. The van der Waals surface area contributed by atoms with E-state index < -0.39 is 29.4 Å². The van der Waals surface area contributed by atoms with Gasteiger partial charge in [0.05, 0.1) is 0 Å². The summed E-state index contributed by atoms with van der Waals surface area (Å²) in [6.45, 7) is 1.27. The summed E-state index contributed by atoms with van der Waals surface area (Å²) in [5.74, 6) is -2.04. The summed E-state index contributed by atoms with van der Waals surface area (Å²) in [7, 11) is 0. The normalized spacial score (nSPS) is 32.0. The number of fused-ring (bicyclic) bond motifs is 5. The van der Waals surface area contributed by atoms with Gasteiger partial charge in [0.25, 0.3) is 0 Å². The molecule has 0 saturated carbocycles. The summed E-state index contributed by atoms with van der Waals surface area (Å²) >= 11 is 0. The Labute approximate surface area is 156 Å². The number of carbonyl (C=O) groups excluding carboxylic acids is 2. The number of piperidine rings is 1. The van der Waals surface area contributed by atoms with Crippen molar-refractivity contribution in [2.75, 3.05) is 13.1 Å². The Morgan fingerprint density at radius 1 is 0.963 bits per heavy atom. The molecule has 0 spiro atoms. The predicted molar refractivity (Wildman–Crippen MR) is 94.3 cm³/mol. The minimum Gasteiger partial charge on any atom is -0.448 e. The molecule has 3 aliphatic heterocycles. The molecule has 2 aromatic carbocycles. The molecule has 3 heterocycles. The average molecular weight is 365 g/mol. The van der Waals surface area contributed by atoms with Crippen LogP contribution in [0.4, 0.5) is 0 Å². The van der Waals surface area contributed by atoms with E-state index in [2.05, 4.69) is 0 Å². The number of ether oxygens (including phenoxy) is 2. The van der Waals surface area contributed by atoms with E-state index in [0.717, 1.165) is 6.42 Å². The molecule has 0 amide bonds. The van der Waals surface area contributed by atoms with E-state index in [1.165, 1.54) is 0 Å². The number of benzene rings is 2. The van der Waals surface area contributed by atoms with E-state index in [9.17, 15) is 14.7 Å². The van der Waals surface area contributed by atoms with Crippen molar-refractivity contribution in [3.63, 3.8) is 0 Å². The first-order valence-electron chi connectivity index (χ1n) is 9.10. The van der Waals surface area contributed by atoms with Crippen molar-refractivity contribution < 1.29 is 24.2 Å². The topological polar surface area (TPSA) is 76.1 Å². The zero-order chi connectivity index (χ0) is 18.6. The maximum Gasteiger partial charge on any atom is 0.419 e. The Morgan fingerprint density at radius 2 is 1.56 bits per heavy atom. The highest BCUT2D eigenvalue weighted by Crippen LogP contribution is 2.56. The molecule has 1 N–H and O–H groups in total. The second-order valence-electron chi connectivity index (χ2n) is 7.35. The first-order chi connectivity index (χ1) is 13.1. The molecule has 3 saturated heterocycles. The van der Waals surface area contributed by atoms with Gasteiger partial charge in [-0.15, -0.1) is 0 Å². The van der Waals surface area contributed by atoms with Gasteiger partial charge in [0.1, 0.15) is 0 Å². The van der Waals surface area contributed by atoms with Gasteiger partial charge in [-0.2, -0.15) is 0 Å². The Hall–Kier alpha value is -2.70. The van der Waals surface area contributed by atoms with Gasteiger partial charge in [-0.3, -0.25) is 4.90 Å². The van der Waals surface area contributed by atoms with Crippen LogP contribution in [0, 0.1) is 5.92 Å². The average Bonchev–Trinajstić information content (AvgIpc) is 3.31. The summed E-state index contributed by atoms with van der Waals surface area (Å²) < 4.78 is 11.3. The van der Waals surface area contributed by atoms with Crippen LogP contribution in [0.5, 0.6) is 0 Å². The zero-order valence-corrected chi connectivity index (χ0v) is 14.6. The highest BCUT2D eigenvalue weighted by Gasteiger charge is 2.74. The molecule has 2 aromatic rings. The molecule has 6 nitrogen and oxygen atoms in total. The molecule has 138 valence electrons. The van der Waals surface area contributed by atoms with Crippen molar-refractivity contribution in [2.24, 2.45) is 5.92 Å². The Morgan fingerprint density at radius 3 is 2.15 bits per heavy atom. The van der Waals surface area contributed by atoms with Crippen LogP contribution < -0.4 is 0 Å². The summed E-state index contributed by atoms with van der Waals surface area (Å²) in [4.78, 5) is 26.2. The van der Waals surface area contributed by atoms with E-state index in [1.807, 2.05) is 41.3 Å². The molecule has 3 aliphatic rings. The van der Waals surface area contributed by atoms with Gasteiger partial charge >= 0.3 is 11.9 Å². The van der Waals surface area contributed by atoms with Gasteiger partial charge < -0.3 is 14.6 Å². The lowest BCUT2D eigenvalue weighted by molar-refractivity contribution is -0.288. The van der Waals surface area contributed by atoms with Crippen LogP contribution in [-0.4, -0.2) is 46.9 Å². The molecule has 4 unspecified atom stereocenters. The quantitative estimate of drug-likeness (QED) is 0.655. The first kappa shape index (κ1) is 16.5. The number of hydrogen-bond donors (Lipinski definition) is 1. The SMILES string of the molecule is O=C1OC2C3CCN(C3)C2(C(O)(c2ccccc2)c2ccccc2)OC1=O. The maximum atomic E-state index is 12.3. The Balaban J connectivity index is 1.78. The van der Waals surface area contributed by atoms with Gasteiger partial charge in [0.2, 0.25) is 5.72 Å². The third kappa shape index (κ3) is 2.02. The first-order valence-corrected chi connectivity index (χ1v) is 9.10. The fourth-order valence-corrected chi connectivity index (χ4v) is 4.93. The molecule has 4 atom stereocenters.